The third kappa shape index (κ3) is 3.98. The summed E-state index contributed by atoms with van der Waals surface area (Å²) in [5, 5.41) is 0. The van der Waals surface area contributed by atoms with Gasteiger partial charge in [0, 0.05) is 14.9 Å². The third-order valence-electron chi connectivity index (χ3n) is 4.04. The molecule has 0 bridgehead atoms. The molecule has 1 aliphatic rings. The summed E-state index contributed by atoms with van der Waals surface area (Å²) in [5.41, 5.74) is 1.29. The molecule has 0 aliphatic heterocycles. The van der Waals surface area contributed by atoms with Crippen LogP contribution in [0.2, 0.25) is 0 Å². The van der Waals surface area contributed by atoms with Crippen LogP contribution in [0, 0.1) is 11.8 Å². The van der Waals surface area contributed by atoms with E-state index >= 15 is 0 Å². The van der Waals surface area contributed by atoms with Gasteiger partial charge < -0.3 is 4.74 Å². The molecule has 0 aromatic heterocycles. The first-order chi connectivity index (χ1) is 9.11. The highest BCUT2D eigenvalue weighted by Gasteiger charge is 2.27. The van der Waals surface area contributed by atoms with Gasteiger partial charge in [-0.05, 0) is 49.8 Å². The molecule has 0 amide bonds. The first kappa shape index (κ1) is 15.4. The van der Waals surface area contributed by atoms with Crippen molar-refractivity contribution in [2.75, 3.05) is 6.61 Å². The van der Waals surface area contributed by atoms with Gasteiger partial charge in [0.05, 0.1) is 6.61 Å². The molecule has 0 N–H and O–H groups in total. The molecule has 1 aromatic carbocycles. The Labute approximate surface area is 133 Å². The Hall–Kier alpha value is -0.0200. The number of hydrogen-bond donors (Lipinski definition) is 0. The van der Waals surface area contributed by atoms with E-state index in [9.17, 15) is 0 Å². The standard InChI is InChI=1S/C16H22Br2O/c1-3-19-15-9-8-13(17)10-14(15)16(18)12-6-4-11(2)5-7-12/h8-12,16H,3-7H2,1-2H3. The first-order valence-electron chi connectivity index (χ1n) is 7.18. The Kier molecular flexibility index (Phi) is 5.76. The molecule has 0 saturated heterocycles. The van der Waals surface area contributed by atoms with Crippen molar-refractivity contribution < 1.29 is 4.74 Å². The summed E-state index contributed by atoms with van der Waals surface area (Å²) in [6, 6.07) is 6.32. The molecule has 1 unspecified atom stereocenters. The molecule has 1 atom stereocenters. The van der Waals surface area contributed by atoms with Crippen LogP contribution >= 0.6 is 31.9 Å². The van der Waals surface area contributed by atoms with E-state index in [0.29, 0.717) is 4.83 Å². The molecule has 0 radical (unpaired) electrons. The highest BCUT2D eigenvalue weighted by Crippen LogP contribution is 2.45. The van der Waals surface area contributed by atoms with Crippen molar-refractivity contribution in [3.05, 3.63) is 28.2 Å². The SMILES string of the molecule is CCOc1ccc(Br)cc1C(Br)C1CCC(C)CC1. The van der Waals surface area contributed by atoms with Crippen LogP contribution in [0.1, 0.15) is 49.9 Å². The van der Waals surface area contributed by atoms with Crippen LogP contribution in [0.3, 0.4) is 0 Å². The van der Waals surface area contributed by atoms with Crippen LogP contribution in [0.25, 0.3) is 0 Å². The number of ether oxygens (including phenoxy) is 1. The maximum atomic E-state index is 5.77. The highest BCUT2D eigenvalue weighted by atomic mass is 79.9. The summed E-state index contributed by atoms with van der Waals surface area (Å²) in [6.07, 6.45) is 5.33. The lowest BCUT2D eigenvalue weighted by Gasteiger charge is -2.30. The Bertz CT molecular complexity index is 411. The second-order valence-electron chi connectivity index (χ2n) is 5.54. The molecule has 1 saturated carbocycles. The number of hydrogen-bond acceptors (Lipinski definition) is 1. The average Bonchev–Trinajstić information content (AvgIpc) is 2.41. The minimum atomic E-state index is 0.402. The van der Waals surface area contributed by atoms with Gasteiger partial charge in [0.2, 0.25) is 0 Å². The van der Waals surface area contributed by atoms with Crippen molar-refractivity contribution in [1.29, 1.82) is 0 Å². The lowest BCUT2D eigenvalue weighted by molar-refractivity contribution is 0.282. The maximum absolute atomic E-state index is 5.77. The third-order valence-corrected chi connectivity index (χ3v) is 5.78. The Morgan fingerprint density at radius 3 is 2.58 bits per heavy atom. The largest absolute Gasteiger partial charge is 0.494 e. The smallest absolute Gasteiger partial charge is 0.123 e. The predicted octanol–water partition coefficient (Wildman–Crippen LogP) is 6.11. The van der Waals surface area contributed by atoms with Gasteiger partial charge in [-0.3, -0.25) is 0 Å². The van der Waals surface area contributed by atoms with Crippen molar-refractivity contribution in [3.63, 3.8) is 0 Å². The summed E-state index contributed by atoms with van der Waals surface area (Å²) in [7, 11) is 0. The highest BCUT2D eigenvalue weighted by molar-refractivity contribution is 9.10. The number of halogens is 2. The fraction of sp³-hybridized carbons (Fsp3) is 0.625. The van der Waals surface area contributed by atoms with E-state index in [1.165, 1.54) is 31.2 Å². The molecule has 106 valence electrons. The van der Waals surface area contributed by atoms with Crippen LogP contribution in [0.5, 0.6) is 5.75 Å². The second kappa shape index (κ2) is 7.12. The number of alkyl halides is 1. The zero-order chi connectivity index (χ0) is 13.8. The van der Waals surface area contributed by atoms with Crippen molar-refractivity contribution in [3.8, 4) is 5.75 Å². The molecule has 2 rings (SSSR count). The molecule has 1 fully saturated rings. The van der Waals surface area contributed by atoms with E-state index < -0.39 is 0 Å². The molecule has 0 spiro atoms. The molecule has 3 heteroatoms. The monoisotopic (exact) mass is 388 g/mol. The van der Waals surface area contributed by atoms with Crippen LogP contribution in [-0.2, 0) is 0 Å². The molecule has 1 nitrogen and oxygen atoms in total. The summed E-state index contributed by atoms with van der Waals surface area (Å²) in [6.45, 7) is 5.12. The van der Waals surface area contributed by atoms with E-state index in [1.54, 1.807) is 0 Å². The fourth-order valence-electron chi connectivity index (χ4n) is 2.85. The van der Waals surface area contributed by atoms with E-state index in [-0.39, 0.29) is 0 Å². The van der Waals surface area contributed by atoms with Gasteiger partial charge in [0.15, 0.2) is 0 Å². The molecular formula is C16H22Br2O. The summed E-state index contributed by atoms with van der Waals surface area (Å²) in [4.78, 5) is 0.402. The second-order valence-corrected chi connectivity index (χ2v) is 7.44. The maximum Gasteiger partial charge on any atom is 0.123 e. The quantitative estimate of drug-likeness (QED) is 0.564. The molecular weight excluding hydrogens is 368 g/mol. The first-order valence-corrected chi connectivity index (χ1v) is 8.89. The lowest BCUT2D eigenvalue weighted by atomic mass is 9.80. The minimum absolute atomic E-state index is 0.402. The Morgan fingerprint density at radius 1 is 1.26 bits per heavy atom. The van der Waals surface area contributed by atoms with E-state index in [4.69, 9.17) is 4.74 Å². The molecule has 1 aromatic rings. The topological polar surface area (TPSA) is 9.23 Å². The van der Waals surface area contributed by atoms with Crippen LogP contribution < -0.4 is 4.74 Å². The van der Waals surface area contributed by atoms with Crippen LogP contribution in [0.4, 0.5) is 0 Å². The molecule has 1 aliphatic carbocycles. The van der Waals surface area contributed by atoms with E-state index in [1.807, 2.05) is 6.92 Å². The van der Waals surface area contributed by atoms with Gasteiger partial charge in [-0.1, -0.05) is 51.6 Å². The van der Waals surface area contributed by atoms with Crippen molar-refractivity contribution in [2.24, 2.45) is 11.8 Å². The Balaban J connectivity index is 2.17. The van der Waals surface area contributed by atoms with Gasteiger partial charge in [-0.15, -0.1) is 0 Å². The fourth-order valence-corrected chi connectivity index (χ4v) is 4.12. The van der Waals surface area contributed by atoms with Crippen LogP contribution in [0.15, 0.2) is 22.7 Å². The summed E-state index contributed by atoms with van der Waals surface area (Å²) < 4.78 is 6.90. The number of rotatable bonds is 4. The predicted molar refractivity (Wildman–Crippen MR) is 88.1 cm³/mol. The van der Waals surface area contributed by atoms with Gasteiger partial charge >= 0.3 is 0 Å². The molecule has 0 heterocycles. The van der Waals surface area contributed by atoms with E-state index in [2.05, 4.69) is 57.0 Å². The van der Waals surface area contributed by atoms with Crippen LogP contribution in [-0.4, -0.2) is 6.61 Å². The van der Waals surface area contributed by atoms with Crippen molar-refractivity contribution >= 4 is 31.9 Å². The Morgan fingerprint density at radius 2 is 1.95 bits per heavy atom. The van der Waals surface area contributed by atoms with Crippen molar-refractivity contribution in [1.82, 2.24) is 0 Å². The summed E-state index contributed by atoms with van der Waals surface area (Å²) >= 11 is 7.49. The zero-order valence-corrected chi connectivity index (χ0v) is 14.8. The number of benzene rings is 1. The van der Waals surface area contributed by atoms with Gasteiger partial charge in [-0.2, -0.15) is 0 Å². The average molecular weight is 390 g/mol. The van der Waals surface area contributed by atoms with Gasteiger partial charge in [0.25, 0.3) is 0 Å². The zero-order valence-electron chi connectivity index (χ0n) is 11.7. The lowest BCUT2D eigenvalue weighted by Crippen LogP contribution is -2.17. The van der Waals surface area contributed by atoms with Gasteiger partial charge in [0.1, 0.15) is 5.75 Å². The molecule has 19 heavy (non-hydrogen) atoms. The van der Waals surface area contributed by atoms with Gasteiger partial charge in [-0.25, -0.2) is 0 Å². The summed E-state index contributed by atoms with van der Waals surface area (Å²) in [5.74, 6) is 2.64. The minimum Gasteiger partial charge on any atom is -0.494 e. The van der Waals surface area contributed by atoms with E-state index in [0.717, 1.165) is 28.7 Å². The van der Waals surface area contributed by atoms with Crippen molar-refractivity contribution in [2.45, 2.75) is 44.4 Å². The normalized spacial score (nSPS) is 25.1.